The average Bonchev–Trinajstić information content (AvgIpc) is 2.72. The van der Waals surface area contributed by atoms with Crippen LogP contribution in [0.5, 0.6) is 5.75 Å². The molecule has 1 heterocycles. The van der Waals surface area contributed by atoms with Crippen LogP contribution in [0.15, 0.2) is 53.4 Å². The lowest BCUT2D eigenvalue weighted by molar-refractivity contribution is 0.0450. The van der Waals surface area contributed by atoms with Crippen molar-refractivity contribution in [1.82, 2.24) is 4.31 Å². The molecular formula is C20H23NO6S. The third-order valence-corrected chi connectivity index (χ3v) is 6.38. The molecule has 2 aromatic rings. The minimum absolute atomic E-state index is 0.0627. The van der Waals surface area contributed by atoms with E-state index in [9.17, 15) is 13.2 Å². The highest BCUT2D eigenvalue weighted by Gasteiger charge is 2.28. The standard InChI is InChI=1S/C20H23NO6S/c1-16-7-8-17(15-19(16)28(23,24)21-9-11-25-12-10-21)20(22)27-14-13-26-18-5-3-2-4-6-18/h2-8,15H,9-14H2,1H3. The van der Waals surface area contributed by atoms with Crippen LogP contribution in [-0.4, -0.2) is 58.2 Å². The molecule has 1 aliphatic rings. The summed E-state index contributed by atoms with van der Waals surface area (Å²) in [5.74, 6) is 0.0999. The summed E-state index contributed by atoms with van der Waals surface area (Å²) in [5.41, 5.74) is 0.771. The first-order valence-corrected chi connectivity index (χ1v) is 10.5. The second-order valence-electron chi connectivity index (χ2n) is 6.29. The number of rotatable bonds is 7. The van der Waals surface area contributed by atoms with Gasteiger partial charge in [0.05, 0.1) is 23.7 Å². The number of carbonyl (C=O) groups excluding carboxylic acids is 1. The summed E-state index contributed by atoms with van der Waals surface area (Å²) in [5, 5.41) is 0. The van der Waals surface area contributed by atoms with E-state index in [4.69, 9.17) is 14.2 Å². The lowest BCUT2D eigenvalue weighted by Gasteiger charge is -2.26. The number of hydrogen-bond donors (Lipinski definition) is 0. The molecule has 0 aromatic heterocycles. The maximum absolute atomic E-state index is 12.9. The smallest absolute Gasteiger partial charge is 0.338 e. The number of para-hydroxylation sites is 1. The molecule has 0 spiro atoms. The van der Waals surface area contributed by atoms with Gasteiger partial charge in [0.2, 0.25) is 10.0 Å². The first-order valence-electron chi connectivity index (χ1n) is 9.02. The molecule has 0 saturated carbocycles. The summed E-state index contributed by atoms with van der Waals surface area (Å²) in [6.07, 6.45) is 0. The highest BCUT2D eigenvalue weighted by molar-refractivity contribution is 7.89. The summed E-state index contributed by atoms with van der Waals surface area (Å²) >= 11 is 0. The van der Waals surface area contributed by atoms with E-state index in [1.807, 2.05) is 30.3 Å². The normalized spacial score (nSPS) is 15.2. The van der Waals surface area contributed by atoms with Crippen molar-refractivity contribution in [3.63, 3.8) is 0 Å². The van der Waals surface area contributed by atoms with Crippen molar-refractivity contribution in [2.45, 2.75) is 11.8 Å². The molecule has 28 heavy (non-hydrogen) atoms. The molecular weight excluding hydrogens is 382 g/mol. The van der Waals surface area contributed by atoms with Gasteiger partial charge in [-0.15, -0.1) is 0 Å². The Bertz CT molecular complexity index is 908. The minimum Gasteiger partial charge on any atom is -0.490 e. The number of aryl methyl sites for hydroxylation is 1. The molecule has 1 fully saturated rings. The molecule has 150 valence electrons. The lowest BCUT2D eigenvalue weighted by atomic mass is 10.1. The highest BCUT2D eigenvalue weighted by atomic mass is 32.2. The van der Waals surface area contributed by atoms with Gasteiger partial charge >= 0.3 is 5.97 Å². The number of esters is 1. The fourth-order valence-electron chi connectivity index (χ4n) is 2.82. The maximum Gasteiger partial charge on any atom is 0.338 e. The number of benzene rings is 2. The second-order valence-corrected chi connectivity index (χ2v) is 8.20. The van der Waals surface area contributed by atoms with Gasteiger partial charge in [0.25, 0.3) is 0 Å². The predicted octanol–water partition coefficient (Wildman–Crippen LogP) is 2.25. The first kappa shape index (κ1) is 20.3. The number of hydrogen-bond acceptors (Lipinski definition) is 6. The van der Waals surface area contributed by atoms with Gasteiger partial charge in [-0.05, 0) is 36.8 Å². The van der Waals surface area contributed by atoms with E-state index in [0.717, 1.165) is 0 Å². The van der Waals surface area contributed by atoms with Crippen molar-refractivity contribution in [2.24, 2.45) is 0 Å². The third-order valence-electron chi connectivity index (χ3n) is 4.34. The van der Waals surface area contributed by atoms with Crippen molar-refractivity contribution < 1.29 is 27.4 Å². The van der Waals surface area contributed by atoms with E-state index < -0.39 is 16.0 Å². The summed E-state index contributed by atoms with van der Waals surface area (Å²) < 4.78 is 43.1. The van der Waals surface area contributed by atoms with Crippen molar-refractivity contribution >= 4 is 16.0 Å². The number of morpholine rings is 1. The number of carbonyl (C=O) groups is 1. The van der Waals surface area contributed by atoms with Crippen molar-refractivity contribution in [3.05, 3.63) is 59.7 Å². The summed E-state index contributed by atoms with van der Waals surface area (Å²) in [6.45, 7) is 3.30. The Morgan fingerprint density at radius 2 is 1.79 bits per heavy atom. The lowest BCUT2D eigenvalue weighted by Crippen LogP contribution is -2.40. The fraction of sp³-hybridized carbons (Fsp3) is 0.350. The zero-order valence-corrected chi connectivity index (χ0v) is 16.5. The van der Waals surface area contributed by atoms with Gasteiger partial charge in [-0.1, -0.05) is 24.3 Å². The Morgan fingerprint density at radius 1 is 1.07 bits per heavy atom. The van der Waals surface area contributed by atoms with Crippen LogP contribution in [0.4, 0.5) is 0 Å². The van der Waals surface area contributed by atoms with E-state index in [1.165, 1.54) is 10.4 Å². The van der Waals surface area contributed by atoms with E-state index in [-0.39, 0.29) is 23.7 Å². The van der Waals surface area contributed by atoms with Gasteiger partial charge in [0, 0.05) is 13.1 Å². The van der Waals surface area contributed by atoms with Gasteiger partial charge < -0.3 is 14.2 Å². The van der Waals surface area contributed by atoms with Crippen LogP contribution >= 0.6 is 0 Å². The highest BCUT2D eigenvalue weighted by Crippen LogP contribution is 2.22. The molecule has 0 aliphatic carbocycles. The van der Waals surface area contributed by atoms with Crippen LogP contribution in [0, 0.1) is 6.92 Å². The molecule has 0 bridgehead atoms. The summed E-state index contributed by atoms with van der Waals surface area (Å²) in [6, 6.07) is 13.8. The van der Waals surface area contributed by atoms with Crippen LogP contribution < -0.4 is 4.74 Å². The van der Waals surface area contributed by atoms with Gasteiger partial charge in [-0.2, -0.15) is 4.31 Å². The first-order chi connectivity index (χ1) is 13.5. The summed E-state index contributed by atoms with van der Waals surface area (Å²) in [7, 11) is -3.69. The molecule has 0 amide bonds. The number of sulfonamides is 1. The Kier molecular flexibility index (Phi) is 6.66. The van der Waals surface area contributed by atoms with E-state index >= 15 is 0 Å². The van der Waals surface area contributed by atoms with Crippen LogP contribution in [0.3, 0.4) is 0 Å². The van der Waals surface area contributed by atoms with Crippen LogP contribution in [0.1, 0.15) is 15.9 Å². The van der Waals surface area contributed by atoms with E-state index in [2.05, 4.69) is 0 Å². The van der Waals surface area contributed by atoms with Gasteiger partial charge in [-0.25, -0.2) is 13.2 Å². The quantitative estimate of drug-likeness (QED) is 0.519. The Balaban J connectivity index is 1.64. The topological polar surface area (TPSA) is 82.1 Å². The van der Waals surface area contributed by atoms with Crippen molar-refractivity contribution in [3.8, 4) is 5.75 Å². The third kappa shape index (κ3) is 4.89. The number of ether oxygens (including phenoxy) is 3. The molecule has 7 nitrogen and oxygen atoms in total. The molecule has 0 unspecified atom stereocenters. The second kappa shape index (κ2) is 9.18. The molecule has 0 N–H and O–H groups in total. The van der Waals surface area contributed by atoms with Gasteiger partial charge in [0.15, 0.2) is 0 Å². The molecule has 0 radical (unpaired) electrons. The Labute approximate surface area is 164 Å². The van der Waals surface area contributed by atoms with Crippen LogP contribution in [-0.2, 0) is 19.5 Å². The molecule has 1 saturated heterocycles. The van der Waals surface area contributed by atoms with Crippen molar-refractivity contribution in [1.29, 1.82) is 0 Å². The molecule has 1 aliphatic heterocycles. The molecule has 0 atom stereocenters. The average molecular weight is 405 g/mol. The number of nitrogens with zero attached hydrogens (tertiary/aromatic N) is 1. The van der Waals surface area contributed by atoms with Crippen LogP contribution in [0.25, 0.3) is 0 Å². The monoisotopic (exact) mass is 405 g/mol. The molecule has 8 heteroatoms. The van der Waals surface area contributed by atoms with Gasteiger partial charge in [-0.3, -0.25) is 0 Å². The maximum atomic E-state index is 12.9. The van der Waals surface area contributed by atoms with Crippen molar-refractivity contribution in [2.75, 3.05) is 39.5 Å². The molecule has 3 rings (SSSR count). The van der Waals surface area contributed by atoms with E-state index in [0.29, 0.717) is 37.6 Å². The fourth-order valence-corrected chi connectivity index (χ4v) is 4.48. The Morgan fingerprint density at radius 3 is 2.50 bits per heavy atom. The predicted molar refractivity (Wildman–Crippen MR) is 103 cm³/mol. The van der Waals surface area contributed by atoms with Gasteiger partial charge in [0.1, 0.15) is 19.0 Å². The zero-order valence-electron chi connectivity index (χ0n) is 15.7. The van der Waals surface area contributed by atoms with E-state index in [1.54, 1.807) is 19.1 Å². The SMILES string of the molecule is Cc1ccc(C(=O)OCCOc2ccccc2)cc1S(=O)(=O)N1CCOCC1. The zero-order chi connectivity index (χ0) is 20.0. The minimum atomic E-state index is -3.69. The Hall–Kier alpha value is -2.42. The summed E-state index contributed by atoms with van der Waals surface area (Å²) in [4.78, 5) is 12.4. The molecule has 2 aromatic carbocycles. The largest absolute Gasteiger partial charge is 0.490 e. The van der Waals surface area contributed by atoms with Crippen LogP contribution in [0.2, 0.25) is 0 Å².